The molecule has 0 radical (unpaired) electrons. The number of benzene rings is 1. The van der Waals surface area contributed by atoms with E-state index in [9.17, 15) is 45.4 Å². The predicted molar refractivity (Wildman–Crippen MR) is 129 cm³/mol. The number of likely N-dealkylation sites (N-methyl/N-ethyl adjacent to an activating group) is 1. The van der Waals surface area contributed by atoms with Gasteiger partial charge < -0.3 is 19.6 Å². The number of hydrogen-bond donors (Lipinski definition) is 1. The van der Waals surface area contributed by atoms with Crippen LogP contribution in [-0.4, -0.2) is 85.4 Å². The number of urea groups is 1. The van der Waals surface area contributed by atoms with E-state index in [4.69, 9.17) is 16.3 Å². The number of ether oxygens (including phenoxy) is 1. The summed E-state index contributed by atoms with van der Waals surface area (Å²) in [5, 5.41) is 9.51. The van der Waals surface area contributed by atoms with Crippen molar-refractivity contribution in [2.24, 2.45) is 0 Å². The van der Waals surface area contributed by atoms with Crippen LogP contribution >= 0.6 is 11.6 Å². The highest BCUT2D eigenvalue weighted by molar-refractivity contribution is 6.29. The van der Waals surface area contributed by atoms with E-state index in [2.05, 4.69) is 4.98 Å². The Bertz CT molecular complexity index is 1280. The highest BCUT2D eigenvalue weighted by atomic mass is 35.5. The largest absolute Gasteiger partial charge is 0.420 e. The molecule has 0 spiro atoms. The van der Waals surface area contributed by atoms with Gasteiger partial charge in [0.2, 0.25) is 0 Å². The molecule has 2 heterocycles. The Labute approximate surface area is 228 Å². The molecule has 0 saturated carbocycles. The zero-order chi connectivity index (χ0) is 30.2. The highest BCUT2D eigenvalue weighted by Crippen LogP contribution is 2.47. The summed E-state index contributed by atoms with van der Waals surface area (Å²) >= 11 is 5.58. The standard InChI is InChI=1S/C23H23ClF7N5O4/c1-33(2)10-13(37)11-35-6-7-36(20(35)38)16-9-12(22(26,27)28)8-14(23(29,30)31)18(16)40-21(39)34(3)17-5-4-15(25)19(24)32-17/h4-5,8-9,13,37H,6-7,10-11H2,1-3H3. The van der Waals surface area contributed by atoms with Crippen molar-refractivity contribution in [2.45, 2.75) is 18.5 Å². The van der Waals surface area contributed by atoms with E-state index >= 15 is 0 Å². The van der Waals surface area contributed by atoms with Crippen molar-refractivity contribution in [1.29, 1.82) is 0 Å². The van der Waals surface area contributed by atoms with Gasteiger partial charge in [-0.1, -0.05) is 11.6 Å². The number of carbonyl (C=O) groups excluding carboxylic acids is 2. The summed E-state index contributed by atoms with van der Waals surface area (Å²) in [6.45, 7) is -0.649. The number of carbonyl (C=O) groups is 2. The molecule has 220 valence electrons. The van der Waals surface area contributed by atoms with Gasteiger partial charge in [-0.3, -0.25) is 9.80 Å². The van der Waals surface area contributed by atoms with Gasteiger partial charge in [-0.05, 0) is 38.4 Å². The van der Waals surface area contributed by atoms with Crippen LogP contribution in [0.4, 0.5) is 51.8 Å². The van der Waals surface area contributed by atoms with Gasteiger partial charge in [-0.2, -0.15) is 26.3 Å². The van der Waals surface area contributed by atoms with Gasteiger partial charge in [-0.15, -0.1) is 0 Å². The molecule has 1 saturated heterocycles. The molecule has 9 nitrogen and oxygen atoms in total. The maximum Gasteiger partial charge on any atom is 0.420 e. The molecule has 0 bridgehead atoms. The molecule has 2 aromatic rings. The minimum atomic E-state index is -5.45. The first-order valence-electron chi connectivity index (χ1n) is 11.4. The molecule has 1 atom stereocenters. The normalized spacial score (nSPS) is 15.2. The zero-order valence-electron chi connectivity index (χ0n) is 21.1. The number of nitrogens with zero attached hydrogens (tertiary/aromatic N) is 5. The molecule has 1 unspecified atom stereocenters. The molecule has 1 fully saturated rings. The van der Waals surface area contributed by atoms with E-state index in [-0.39, 0.29) is 44.1 Å². The van der Waals surface area contributed by atoms with Gasteiger partial charge in [0, 0.05) is 33.2 Å². The third kappa shape index (κ3) is 7.03. The fourth-order valence-electron chi connectivity index (χ4n) is 3.85. The monoisotopic (exact) mass is 601 g/mol. The van der Waals surface area contributed by atoms with Gasteiger partial charge in [0.25, 0.3) is 0 Å². The highest BCUT2D eigenvalue weighted by Gasteiger charge is 2.44. The van der Waals surface area contributed by atoms with Gasteiger partial charge in [0.1, 0.15) is 11.4 Å². The lowest BCUT2D eigenvalue weighted by molar-refractivity contribution is -0.143. The van der Waals surface area contributed by atoms with Crippen molar-refractivity contribution < 1.29 is 50.2 Å². The van der Waals surface area contributed by atoms with Gasteiger partial charge in [0.15, 0.2) is 16.7 Å². The second kappa shape index (κ2) is 11.6. The molecule has 1 aliphatic rings. The molecule has 17 heteroatoms. The average Bonchev–Trinajstić information content (AvgIpc) is 3.17. The van der Waals surface area contributed by atoms with Crippen molar-refractivity contribution >= 4 is 35.2 Å². The molecule has 1 aliphatic heterocycles. The van der Waals surface area contributed by atoms with E-state index in [0.29, 0.717) is 9.80 Å². The molecule has 1 aromatic carbocycles. The Hall–Kier alpha value is -3.37. The summed E-state index contributed by atoms with van der Waals surface area (Å²) in [6, 6.07) is 0.798. The second-order valence-corrected chi connectivity index (χ2v) is 9.39. The third-order valence-electron chi connectivity index (χ3n) is 5.69. The number of rotatable bonds is 7. The number of aromatic nitrogens is 1. The van der Waals surface area contributed by atoms with Gasteiger partial charge in [-0.25, -0.2) is 19.0 Å². The van der Waals surface area contributed by atoms with Crippen LogP contribution in [0.3, 0.4) is 0 Å². The Morgan fingerprint density at radius 2 is 1.77 bits per heavy atom. The molecular formula is C23H23ClF7N5O4. The Morgan fingerprint density at radius 1 is 1.12 bits per heavy atom. The second-order valence-electron chi connectivity index (χ2n) is 9.03. The smallest absolute Gasteiger partial charge is 0.407 e. The number of alkyl halides is 6. The van der Waals surface area contributed by atoms with E-state index in [1.807, 2.05) is 0 Å². The zero-order valence-corrected chi connectivity index (χ0v) is 21.9. The lowest BCUT2D eigenvalue weighted by atomic mass is 10.1. The van der Waals surface area contributed by atoms with Crippen molar-refractivity contribution in [3.63, 3.8) is 0 Å². The van der Waals surface area contributed by atoms with Crippen LogP contribution in [0.2, 0.25) is 5.15 Å². The van der Waals surface area contributed by atoms with E-state index in [1.54, 1.807) is 19.0 Å². The number of β-amino-alcohol motifs (C(OH)–C–C–N with tert-alkyl or cyclic N) is 1. The first kappa shape index (κ1) is 31.2. The molecule has 1 N–H and O–H groups in total. The summed E-state index contributed by atoms with van der Waals surface area (Å²) in [4.78, 5) is 33.3. The molecule has 0 aliphatic carbocycles. The van der Waals surface area contributed by atoms with Crippen LogP contribution in [0.25, 0.3) is 0 Å². The minimum Gasteiger partial charge on any atom is -0.407 e. The molecule has 40 heavy (non-hydrogen) atoms. The van der Waals surface area contributed by atoms with Crippen LogP contribution in [0.1, 0.15) is 11.1 Å². The van der Waals surface area contributed by atoms with E-state index < -0.39 is 64.1 Å². The Kier molecular flexibility index (Phi) is 9.06. The molecule has 3 rings (SSSR count). The van der Waals surface area contributed by atoms with Crippen molar-refractivity contribution in [3.8, 4) is 5.75 Å². The van der Waals surface area contributed by atoms with Crippen LogP contribution in [0, 0.1) is 5.82 Å². The number of aliphatic hydroxyl groups excluding tert-OH is 1. The fraction of sp³-hybridized carbons (Fsp3) is 0.435. The number of anilines is 2. The average molecular weight is 602 g/mol. The maximum atomic E-state index is 14.0. The van der Waals surface area contributed by atoms with Crippen molar-refractivity contribution in [3.05, 3.63) is 46.4 Å². The molecular weight excluding hydrogens is 579 g/mol. The van der Waals surface area contributed by atoms with Crippen LogP contribution in [0.15, 0.2) is 24.3 Å². The first-order chi connectivity index (χ1) is 18.4. The number of halogens is 8. The number of hydrogen-bond acceptors (Lipinski definition) is 6. The van der Waals surface area contributed by atoms with Gasteiger partial charge in [0.05, 0.1) is 17.4 Å². The van der Waals surface area contributed by atoms with Crippen molar-refractivity contribution in [2.75, 3.05) is 57.1 Å². The van der Waals surface area contributed by atoms with E-state index in [1.165, 1.54) is 0 Å². The summed E-state index contributed by atoms with van der Waals surface area (Å²) < 4.78 is 101. The van der Waals surface area contributed by atoms with Crippen LogP contribution in [0.5, 0.6) is 5.75 Å². The SMILES string of the molecule is CN(C)CC(O)CN1CCN(c2cc(C(F)(F)F)cc(C(F)(F)F)c2OC(=O)N(C)c2ccc(F)c(Cl)n2)C1=O. The summed E-state index contributed by atoms with van der Waals surface area (Å²) in [5.41, 5.74) is -4.68. The number of amides is 3. The predicted octanol–water partition coefficient (Wildman–Crippen LogP) is 4.71. The van der Waals surface area contributed by atoms with Crippen LogP contribution in [-0.2, 0) is 12.4 Å². The Morgan fingerprint density at radius 3 is 2.33 bits per heavy atom. The van der Waals surface area contributed by atoms with E-state index in [0.717, 1.165) is 24.1 Å². The molecule has 1 aromatic heterocycles. The topological polar surface area (TPSA) is 89.5 Å². The summed E-state index contributed by atoms with van der Waals surface area (Å²) in [6.07, 6.45) is -13.3. The van der Waals surface area contributed by atoms with Gasteiger partial charge >= 0.3 is 24.5 Å². The lowest BCUT2D eigenvalue weighted by Gasteiger charge is -2.26. The van der Waals surface area contributed by atoms with Crippen LogP contribution < -0.4 is 14.5 Å². The fourth-order valence-corrected chi connectivity index (χ4v) is 4.00. The number of pyridine rings is 1. The molecule has 3 amide bonds. The minimum absolute atomic E-state index is 0.127. The maximum absolute atomic E-state index is 14.0. The van der Waals surface area contributed by atoms with Crippen molar-refractivity contribution in [1.82, 2.24) is 14.8 Å². The summed E-state index contributed by atoms with van der Waals surface area (Å²) in [7, 11) is 4.29. The lowest BCUT2D eigenvalue weighted by Crippen LogP contribution is -2.40. The summed E-state index contributed by atoms with van der Waals surface area (Å²) in [5.74, 6) is -2.67. The first-order valence-corrected chi connectivity index (χ1v) is 11.8. The quantitative estimate of drug-likeness (QED) is 0.365. The Balaban J connectivity index is 2.07. The third-order valence-corrected chi connectivity index (χ3v) is 5.96. The number of aliphatic hydroxyl groups is 1.